The topological polar surface area (TPSA) is 436 Å². The molecule has 1 saturated heterocycles. The summed E-state index contributed by atoms with van der Waals surface area (Å²) in [7, 11) is -25.9. The van der Waals surface area contributed by atoms with Gasteiger partial charge in [0.15, 0.2) is 5.71 Å². The number of hydrogen-bond acceptors (Lipinski definition) is 19. The Hall–Kier alpha value is -6.98. The normalized spacial score (nSPS) is 19.9. The number of carbonyl (C=O) groups is 2. The van der Waals surface area contributed by atoms with Crippen LogP contribution in [0.2, 0.25) is 0 Å². The van der Waals surface area contributed by atoms with E-state index in [2.05, 4.69) is 55.1 Å². The lowest BCUT2D eigenvalue weighted by atomic mass is 9.81. The molecule has 2 aromatic heterocycles. The number of nitrogens with one attached hydrogen (secondary N) is 2. The van der Waals surface area contributed by atoms with Crippen molar-refractivity contribution in [2.75, 3.05) is 36.5 Å². The van der Waals surface area contributed by atoms with E-state index in [9.17, 15) is 74.2 Å². The Bertz CT molecular complexity index is 4250. The molecule has 476 valence electrons. The van der Waals surface area contributed by atoms with Crippen molar-refractivity contribution in [3.63, 3.8) is 0 Å². The summed E-state index contributed by atoms with van der Waals surface area (Å²) in [6.45, 7) is 9.89. The zero-order chi connectivity index (χ0) is 65.2. The molecule has 5 atom stereocenters. The highest BCUT2D eigenvalue weighted by molar-refractivity contribution is 7.86. The predicted molar refractivity (Wildman–Crippen MR) is 319 cm³/mol. The smallest absolute Gasteiger partial charge is 0.390 e. The summed E-state index contributed by atoms with van der Waals surface area (Å²) in [6, 6.07) is 14.1. The third-order valence-corrected chi connectivity index (χ3v) is 20.3. The fourth-order valence-corrected chi connectivity index (χ4v) is 14.7. The number of nitro benzene ring substituents is 1. The van der Waals surface area contributed by atoms with E-state index in [1.54, 1.807) is 12.1 Å². The van der Waals surface area contributed by atoms with Crippen molar-refractivity contribution in [3.8, 4) is 11.8 Å². The van der Waals surface area contributed by atoms with Gasteiger partial charge in [-0.2, -0.15) is 30.0 Å². The maximum Gasteiger partial charge on any atom is 0.490 e. The number of nitrogens with zero attached hydrogens (tertiary/aromatic N) is 6. The largest absolute Gasteiger partial charge is 0.490 e. The number of ether oxygens (including phenoxy) is 1. The number of aromatic nitrogens is 3. The number of benzene rings is 3. The summed E-state index contributed by atoms with van der Waals surface area (Å²) >= 11 is 0. The van der Waals surface area contributed by atoms with Crippen LogP contribution in [0.15, 0.2) is 119 Å². The first kappa shape index (κ1) is 67.9. The molecule has 3 aromatic carbocycles. The minimum atomic E-state index is -5.80. The highest BCUT2D eigenvalue weighted by Crippen LogP contribution is 2.66. The zero-order valence-electron chi connectivity index (χ0n) is 48.0. The van der Waals surface area contributed by atoms with E-state index in [1.165, 1.54) is 53.2 Å². The molecule has 0 aliphatic carbocycles. The van der Waals surface area contributed by atoms with E-state index in [-0.39, 0.29) is 63.1 Å². The number of aliphatic hydroxyl groups is 1. The number of amides is 2. The molecule has 3 aliphatic heterocycles. The Morgan fingerprint density at radius 1 is 0.888 bits per heavy atom. The molecule has 0 radical (unpaired) electrons. The number of rotatable bonds is 24. The average molecular weight is 1330 g/mol. The number of phosphoric acid groups is 3. The molecule has 89 heavy (non-hydrogen) atoms. The fraction of sp³-hybridized carbons (Fsp3) is 0.352. The molecule has 0 bridgehead atoms. The Morgan fingerprint density at radius 3 is 2.26 bits per heavy atom. The van der Waals surface area contributed by atoms with Gasteiger partial charge in [-0.1, -0.05) is 50.3 Å². The van der Waals surface area contributed by atoms with Crippen molar-refractivity contribution < 1.29 is 101 Å². The van der Waals surface area contributed by atoms with Crippen molar-refractivity contribution in [1.29, 1.82) is 0 Å². The Balaban J connectivity index is 0.842. The second kappa shape index (κ2) is 26.5. The van der Waals surface area contributed by atoms with E-state index in [4.69, 9.17) is 14.5 Å². The standard InChI is InChI=1S/C54H61N8O22P3S2/c1-6-59-41-22-19-35(88(75,76)77)29-39(41)53(2,3)46(59)15-9-7-10-16-47-54(4,5)40-30-36(89(78,79)80)20-23-42(40)60(47)26-12-8-11-17-48(64)55-25-13-14-34-18-21-37(43(28-34)62(66)67)52(65)58-50-38-24-27-61(51(38)57-33-56-50)49-31-44(63)45(82-49)32-81-86(71,72)84-87(73,74)83-85(68,69)70/h7,9-10,15-16,18-24,27-30,33,44-45,49,63H,6,8,11-12,17,25-26,31-32H2,1-5H3,(H7-,55,56,57,58,64,65,68,69,70,71,72,73,74,75,76,77,78,79,80)/p+1/t44-,45-,49-/m1/s1. The van der Waals surface area contributed by atoms with E-state index >= 15 is 0 Å². The van der Waals surface area contributed by atoms with Crippen molar-refractivity contribution in [1.82, 2.24) is 19.9 Å². The number of carbonyl (C=O) groups excluding carboxylic acids is 2. The summed E-state index contributed by atoms with van der Waals surface area (Å²) in [5, 5.41) is 28.3. The van der Waals surface area contributed by atoms with Gasteiger partial charge in [0.25, 0.3) is 31.8 Å². The molecule has 35 heteroatoms. The molecule has 2 amide bonds. The minimum absolute atomic E-state index is 0.0849. The molecule has 8 rings (SSSR count). The van der Waals surface area contributed by atoms with Gasteiger partial charge in [0.2, 0.25) is 11.6 Å². The maximum absolute atomic E-state index is 13.6. The minimum Gasteiger partial charge on any atom is -0.390 e. The second-order valence-corrected chi connectivity index (χ2v) is 28.7. The van der Waals surface area contributed by atoms with Gasteiger partial charge in [0, 0.05) is 71.7 Å². The van der Waals surface area contributed by atoms with Gasteiger partial charge < -0.3 is 49.5 Å². The first-order valence-electron chi connectivity index (χ1n) is 27.0. The number of phosphoric ester groups is 1. The van der Waals surface area contributed by atoms with Gasteiger partial charge >= 0.3 is 23.5 Å². The monoisotopic (exact) mass is 1330 g/mol. The molecule has 2 unspecified atom stereocenters. The van der Waals surface area contributed by atoms with Crippen LogP contribution in [-0.2, 0) is 67.4 Å². The lowest BCUT2D eigenvalue weighted by Gasteiger charge is -2.27. The second-order valence-electron chi connectivity index (χ2n) is 21.5. The van der Waals surface area contributed by atoms with Crippen LogP contribution < -0.4 is 15.5 Å². The van der Waals surface area contributed by atoms with Crippen LogP contribution in [0.1, 0.15) is 100.0 Å². The van der Waals surface area contributed by atoms with Crippen molar-refractivity contribution in [3.05, 3.63) is 142 Å². The lowest BCUT2D eigenvalue weighted by Crippen LogP contribution is -2.27. The number of hydrogen-bond donors (Lipinski definition) is 9. The SMILES string of the molecule is CC[N+]1=C(/C=C/C=C/C=C2/N(CCCCCC(=O)NCC#Cc3ccc(C(=O)Nc4ncnc5c4ccn5[C@H]4C[C@@H](O)[C@@H](COP(=O)(O)OP(=O)(O)OP(=O)(O)O)O4)c([N+](=O)[O-])c3)c3ccc(S(=O)(=O)O)cc3C2(C)C)C(C)(C)c2cc(S(=O)(=O)O)ccc21. The third kappa shape index (κ3) is 16.0. The van der Waals surface area contributed by atoms with E-state index in [1.807, 2.05) is 65.0 Å². The Labute approximate surface area is 509 Å². The molecule has 3 aliphatic rings. The van der Waals surface area contributed by atoms with Gasteiger partial charge in [-0.05, 0) is 93.8 Å². The first-order valence-corrected chi connectivity index (χ1v) is 34.4. The summed E-state index contributed by atoms with van der Waals surface area (Å²) in [6.07, 6.45) is 9.91. The Morgan fingerprint density at radius 2 is 1.58 bits per heavy atom. The van der Waals surface area contributed by atoms with Crippen LogP contribution in [0.5, 0.6) is 0 Å². The molecule has 0 spiro atoms. The van der Waals surface area contributed by atoms with E-state index in [0.29, 0.717) is 37.9 Å². The van der Waals surface area contributed by atoms with Gasteiger partial charge in [0.05, 0.1) is 44.8 Å². The van der Waals surface area contributed by atoms with Crippen LogP contribution in [-0.4, -0.2) is 131 Å². The van der Waals surface area contributed by atoms with Gasteiger partial charge in [0.1, 0.15) is 42.2 Å². The first-order chi connectivity index (χ1) is 41.5. The number of aliphatic hydroxyl groups excluding tert-OH is 1. The molecule has 0 saturated carbocycles. The molecular formula is C54H62N8O22P3S2+. The predicted octanol–water partition coefficient (Wildman–Crippen LogP) is 7.00. The maximum atomic E-state index is 13.6. The van der Waals surface area contributed by atoms with Crippen molar-refractivity contribution >= 4 is 95.1 Å². The number of nitro groups is 1. The number of anilines is 2. The van der Waals surface area contributed by atoms with Crippen molar-refractivity contribution in [2.24, 2.45) is 0 Å². The summed E-state index contributed by atoms with van der Waals surface area (Å²) in [4.78, 5) is 84.6. The zero-order valence-corrected chi connectivity index (χ0v) is 52.3. The number of fused-ring (bicyclic) bond motifs is 3. The van der Waals surface area contributed by atoms with Crippen LogP contribution in [0.3, 0.4) is 0 Å². The van der Waals surface area contributed by atoms with E-state index < -0.39 is 96.1 Å². The quantitative estimate of drug-likeness (QED) is 0.00439. The summed E-state index contributed by atoms with van der Waals surface area (Å²) < 4.78 is 124. The molecular weight excluding hydrogens is 1270 g/mol. The highest BCUT2D eigenvalue weighted by atomic mass is 32.2. The fourth-order valence-electron chi connectivity index (χ4n) is 10.6. The highest BCUT2D eigenvalue weighted by Gasteiger charge is 2.46. The average Bonchev–Trinajstić information content (AvgIpc) is 1.63. The van der Waals surface area contributed by atoms with Crippen LogP contribution in [0.4, 0.5) is 22.9 Å². The van der Waals surface area contributed by atoms with E-state index in [0.717, 1.165) is 40.7 Å². The number of allylic oxidation sites excluding steroid dienone is 6. The molecule has 5 aromatic rings. The molecule has 5 heterocycles. The molecule has 1 fully saturated rings. The summed E-state index contributed by atoms with van der Waals surface area (Å²) in [5.74, 6) is 4.19. The van der Waals surface area contributed by atoms with Crippen LogP contribution in [0.25, 0.3) is 11.0 Å². The Kier molecular flexibility index (Phi) is 20.2. The van der Waals surface area contributed by atoms with Crippen LogP contribution in [0, 0.1) is 22.0 Å². The lowest BCUT2D eigenvalue weighted by molar-refractivity contribution is -0.433. The number of unbranched alkanes of at least 4 members (excludes halogenated alkanes) is 2. The summed E-state index contributed by atoms with van der Waals surface area (Å²) in [5.41, 5.74) is 2.80. The molecule has 30 nitrogen and oxygen atoms in total. The van der Waals surface area contributed by atoms with Gasteiger partial charge in [-0.25, -0.2) is 23.7 Å². The van der Waals surface area contributed by atoms with Gasteiger partial charge in [-0.15, -0.1) is 0 Å². The molecule has 9 N–H and O–H groups in total. The van der Waals surface area contributed by atoms with Crippen LogP contribution >= 0.6 is 23.5 Å². The van der Waals surface area contributed by atoms with Gasteiger partial charge in [-0.3, -0.25) is 33.3 Å². The third-order valence-electron chi connectivity index (χ3n) is 14.8. The van der Waals surface area contributed by atoms with Crippen molar-refractivity contribution in [2.45, 2.75) is 106 Å².